The molecule has 3 heteroatoms. The van der Waals surface area contributed by atoms with Crippen LogP contribution in [0.4, 0.5) is 0 Å². The van der Waals surface area contributed by atoms with Crippen molar-refractivity contribution in [1.82, 2.24) is 0 Å². The van der Waals surface area contributed by atoms with Gasteiger partial charge in [-0.25, -0.2) is 0 Å². The van der Waals surface area contributed by atoms with Gasteiger partial charge in [0.05, 0.1) is 0 Å². The molecule has 0 N–H and O–H groups in total. The topological polar surface area (TPSA) is 18.5 Å². The van der Waals surface area contributed by atoms with E-state index in [1.807, 2.05) is 0 Å². The van der Waals surface area contributed by atoms with Gasteiger partial charge in [0.1, 0.15) is 6.79 Å². The zero-order valence-corrected chi connectivity index (χ0v) is 25.4. The van der Waals surface area contributed by atoms with Crippen LogP contribution in [-0.2, 0) is 9.47 Å². The van der Waals surface area contributed by atoms with E-state index in [0.29, 0.717) is 6.79 Å². The van der Waals surface area contributed by atoms with Crippen molar-refractivity contribution in [3.8, 4) is 0 Å². The highest BCUT2D eigenvalue weighted by molar-refractivity contribution is 9.09. The summed E-state index contributed by atoms with van der Waals surface area (Å²) in [6.45, 7) is 21.5. The molecule has 200 valence electrons. The fourth-order valence-electron chi connectivity index (χ4n) is 6.12. The summed E-state index contributed by atoms with van der Waals surface area (Å²) in [5.74, 6) is 5.92. The van der Waals surface area contributed by atoms with Gasteiger partial charge in [-0.05, 0) is 112 Å². The summed E-state index contributed by atoms with van der Waals surface area (Å²) in [7, 11) is 0. The zero-order valence-electron chi connectivity index (χ0n) is 23.8. The number of halogens is 1. The second-order valence-corrected chi connectivity index (χ2v) is 12.9. The van der Waals surface area contributed by atoms with E-state index < -0.39 is 0 Å². The minimum absolute atomic E-state index is 0.461. The molecule has 0 fully saturated rings. The maximum Gasteiger partial charge on any atom is 0.146 e. The Bertz CT molecular complexity index is 416. The van der Waals surface area contributed by atoms with Crippen molar-refractivity contribution in [3.05, 3.63) is 0 Å². The fraction of sp³-hybridized carbons (Fsp3) is 1.00. The Balaban J connectivity index is 3.96. The Morgan fingerprint density at radius 1 is 0.515 bits per heavy atom. The quantitative estimate of drug-likeness (QED) is 0.0739. The third kappa shape index (κ3) is 21.4. The highest BCUT2D eigenvalue weighted by Crippen LogP contribution is 2.30. The van der Waals surface area contributed by atoms with Crippen LogP contribution >= 0.6 is 15.9 Å². The normalized spacial score (nSPS) is 18.5. The lowest BCUT2D eigenvalue weighted by Crippen LogP contribution is -2.14. The van der Waals surface area contributed by atoms with Gasteiger partial charge in [0.15, 0.2) is 0 Å². The molecule has 0 bridgehead atoms. The van der Waals surface area contributed by atoms with Crippen molar-refractivity contribution in [2.24, 2.45) is 41.4 Å². The van der Waals surface area contributed by atoms with Crippen LogP contribution < -0.4 is 0 Å². The van der Waals surface area contributed by atoms with Gasteiger partial charge < -0.3 is 9.47 Å². The molecule has 0 aliphatic heterocycles. The number of rotatable bonds is 23. The van der Waals surface area contributed by atoms with Gasteiger partial charge in [-0.1, -0.05) is 71.3 Å². The Hall–Kier alpha value is 0.400. The third-order valence-corrected chi connectivity index (χ3v) is 7.72. The van der Waals surface area contributed by atoms with Gasteiger partial charge in [-0.3, -0.25) is 0 Å². The zero-order chi connectivity index (χ0) is 25.1. The first kappa shape index (κ1) is 33.4. The van der Waals surface area contributed by atoms with Crippen molar-refractivity contribution in [2.45, 2.75) is 126 Å². The van der Waals surface area contributed by atoms with Crippen LogP contribution in [0, 0.1) is 41.4 Å². The van der Waals surface area contributed by atoms with Crippen molar-refractivity contribution < 1.29 is 9.47 Å². The summed E-state index contributed by atoms with van der Waals surface area (Å²) < 4.78 is 10.9. The van der Waals surface area contributed by atoms with Crippen molar-refractivity contribution in [1.29, 1.82) is 0 Å². The summed E-state index contributed by atoms with van der Waals surface area (Å²) in [6, 6.07) is 0. The third-order valence-electron chi connectivity index (χ3n) is 7.16. The molecular weight excluding hydrogens is 472 g/mol. The van der Waals surface area contributed by atoms with E-state index in [9.17, 15) is 0 Å². The van der Waals surface area contributed by atoms with Crippen LogP contribution in [0.3, 0.4) is 0 Å². The first-order valence-corrected chi connectivity index (χ1v) is 15.5. The van der Waals surface area contributed by atoms with Crippen LogP contribution in [0.5, 0.6) is 0 Å². The van der Waals surface area contributed by atoms with Gasteiger partial charge >= 0.3 is 0 Å². The molecule has 2 nitrogen and oxygen atoms in total. The SMILES string of the molecule is CCCOCOCCCC(C)CC(C)CC(C)CC(C)CC(C)CC(C)CC(C)CCCBr. The molecule has 0 rings (SSSR count). The van der Waals surface area contributed by atoms with Gasteiger partial charge in [0, 0.05) is 18.5 Å². The van der Waals surface area contributed by atoms with E-state index in [0.717, 1.165) is 72.8 Å². The van der Waals surface area contributed by atoms with Crippen LogP contribution in [0.25, 0.3) is 0 Å². The second kappa shape index (κ2) is 21.7. The highest BCUT2D eigenvalue weighted by atomic mass is 79.9. The first-order chi connectivity index (χ1) is 15.7. The summed E-state index contributed by atoms with van der Waals surface area (Å²) in [6.07, 6.45) is 14.5. The predicted octanol–water partition coefficient (Wildman–Crippen LogP) is 10.1. The summed E-state index contributed by atoms with van der Waals surface area (Å²) in [5, 5.41) is 1.15. The maximum absolute atomic E-state index is 5.57. The van der Waals surface area contributed by atoms with Gasteiger partial charge in [-0.15, -0.1) is 0 Å². The lowest BCUT2D eigenvalue weighted by molar-refractivity contribution is -0.0549. The van der Waals surface area contributed by atoms with Crippen molar-refractivity contribution in [2.75, 3.05) is 25.3 Å². The molecule has 7 unspecified atom stereocenters. The van der Waals surface area contributed by atoms with Crippen LogP contribution in [-0.4, -0.2) is 25.3 Å². The van der Waals surface area contributed by atoms with E-state index in [1.165, 1.54) is 57.8 Å². The average molecular weight is 534 g/mol. The van der Waals surface area contributed by atoms with Crippen molar-refractivity contribution >= 4 is 15.9 Å². The van der Waals surface area contributed by atoms with E-state index in [2.05, 4.69) is 71.3 Å². The smallest absolute Gasteiger partial charge is 0.146 e. The number of ether oxygens (including phenoxy) is 2. The molecule has 0 aromatic rings. The molecule has 33 heavy (non-hydrogen) atoms. The van der Waals surface area contributed by atoms with Crippen molar-refractivity contribution in [3.63, 3.8) is 0 Å². The van der Waals surface area contributed by atoms with Crippen LogP contribution in [0.2, 0.25) is 0 Å². The number of alkyl halides is 1. The molecule has 0 amide bonds. The highest BCUT2D eigenvalue weighted by Gasteiger charge is 2.18. The Labute approximate surface area is 217 Å². The van der Waals surface area contributed by atoms with Crippen LogP contribution in [0.1, 0.15) is 126 Å². The Morgan fingerprint density at radius 2 is 0.879 bits per heavy atom. The Morgan fingerprint density at radius 3 is 1.27 bits per heavy atom. The predicted molar refractivity (Wildman–Crippen MR) is 151 cm³/mol. The summed E-state index contributed by atoms with van der Waals surface area (Å²) in [5.41, 5.74) is 0. The monoisotopic (exact) mass is 532 g/mol. The Kier molecular flexibility index (Phi) is 21.9. The van der Waals surface area contributed by atoms with E-state index in [-0.39, 0.29) is 0 Å². The molecule has 0 aliphatic carbocycles. The molecular formula is C30H61BrO2. The molecule has 0 saturated heterocycles. The summed E-state index contributed by atoms with van der Waals surface area (Å²) in [4.78, 5) is 0. The molecule has 0 saturated carbocycles. The number of hydrogen-bond acceptors (Lipinski definition) is 2. The molecule has 0 spiro atoms. The second-order valence-electron chi connectivity index (χ2n) is 12.1. The molecule has 0 aromatic carbocycles. The lowest BCUT2D eigenvalue weighted by Gasteiger charge is -2.26. The van der Waals surface area contributed by atoms with Gasteiger partial charge in [-0.2, -0.15) is 0 Å². The lowest BCUT2D eigenvalue weighted by atomic mass is 9.80. The minimum atomic E-state index is 0.461. The van der Waals surface area contributed by atoms with Gasteiger partial charge in [0.2, 0.25) is 0 Å². The molecule has 0 aliphatic rings. The molecule has 0 heterocycles. The summed E-state index contributed by atoms with van der Waals surface area (Å²) >= 11 is 3.57. The standard InChI is InChI=1S/C30H61BrO2/c1-9-15-32-23-33-16-11-13-25(3)18-27(5)20-29(7)22-30(8)21-28(6)19-26(4)17-24(2)12-10-14-31/h24-30H,9-23H2,1-8H3. The van der Waals surface area contributed by atoms with Crippen LogP contribution in [0.15, 0.2) is 0 Å². The molecule has 0 radical (unpaired) electrons. The average Bonchev–Trinajstić information content (AvgIpc) is 2.70. The largest absolute Gasteiger partial charge is 0.355 e. The first-order valence-electron chi connectivity index (χ1n) is 14.4. The van der Waals surface area contributed by atoms with E-state index >= 15 is 0 Å². The number of hydrogen-bond donors (Lipinski definition) is 0. The van der Waals surface area contributed by atoms with E-state index in [1.54, 1.807) is 0 Å². The minimum Gasteiger partial charge on any atom is -0.355 e. The van der Waals surface area contributed by atoms with Gasteiger partial charge in [0.25, 0.3) is 0 Å². The fourth-order valence-corrected chi connectivity index (χ4v) is 6.44. The van der Waals surface area contributed by atoms with E-state index in [4.69, 9.17) is 9.47 Å². The maximum atomic E-state index is 5.57. The molecule has 7 atom stereocenters. The molecule has 0 aromatic heterocycles.